The number of hydrogen-bond donors (Lipinski definition) is 2. The van der Waals surface area contributed by atoms with E-state index in [-0.39, 0.29) is 17.3 Å². The van der Waals surface area contributed by atoms with Gasteiger partial charge in [-0.2, -0.15) is 5.26 Å². The summed E-state index contributed by atoms with van der Waals surface area (Å²) in [5.74, 6) is -0.281. The number of allylic oxidation sites excluding steroid dienone is 2. The molecule has 9 heteroatoms. The van der Waals surface area contributed by atoms with Crippen LogP contribution < -0.4 is 10.2 Å². The molecule has 0 spiro atoms. The van der Waals surface area contributed by atoms with E-state index in [1.54, 1.807) is 0 Å². The Morgan fingerprint density at radius 3 is 2.80 bits per heavy atom. The normalized spacial score (nSPS) is 14.0. The number of amides is 1. The van der Waals surface area contributed by atoms with Gasteiger partial charge in [0.25, 0.3) is 5.91 Å². The largest absolute Gasteiger partial charge is 0.374 e. The van der Waals surface area contributed by atoms with Gasteiger partial charge in [0.2, 0.25) is 0 Å². The molecule has 0 atom stereocenters. The maximum absolute atomic E-state index is 12.6. The molecule has 1 aromatic carbocycles. The van der Waals surface area contributed by atoms with Gasteiger partial charge >= 0.3 is 0 Å². The lowest BCUT2D eigenvalue weighted by Gasteiger charge is -2.23. The quantitative estimate of drug-likeness (QED) is 0.701. The van der Waals surface area contributed by atoms with Crippen LogP contribution in [0.15, 0.2) is 30.5 Å². The number of nitrogens with one attached hydrogen (secondary N) is 2. The van der Waals surface area contributed by atoms with Crippen molar-refractivity contribution in [1.29, 1.82) is 5.26 Å². The van der Waals surface area contributed by atoms with Crippen LogP contribution in [0.4, 0.5) is 11.4 Å². The molecule has 0 aliphatic heterocycles. The van der Waals surface area contributed by atoms with Crippen LogP contribution >= 0.6 is 0 Å². The molecule has 0 unspecified atom stereocenters. The van der Waals surface area contributed by atoms with Crippen molar-refractivity contribution in [2.24, 2.45) is 0 Å². The predicted octanol–water partition coefficient (Wildman–Crippen LogP) is 2.97. The fourth-order valence-corrected chi connectivity index (χ4v) is 3.94. The summed E-state index contributed by atoms with van der Waals surface area (Å²) in [7, 11) is -1.20. The van der Waals surface area contributed by atoms with Gasteiger partial charge in [-0.05, 0) is 49.5 Å². The number of carbonyl (C=O) groups excluding carboxylic acids is 1. The molecule has 0 saturated heterocycles. The number of H-pyrrole nitrogens is 1. The van der Waals surface area contributed by atoms with E-state index in [9.17, 15) is 13.2 Å². The average molecular weight is 428 g/mol. The van der Waals surface area contributed by atoms with Crippen molar-refractivity contribution < 1.29 is 13.2 Å². The van der Waals surface area contributed by atoms with Crippen LogP contribution in [-0.4, -0.2) is 49.9 Å². The number of nitriles is 1. The summed E-state index contributed by atoms with van der Waals surface area (Å²) in [6.07, 6.45) is 8.93. The maximum Gasteiger partial charge on any atom is 0.291 e. The Hall–Kier alpha value is -3.12. The van der Waals surface area contributed by atoms with E-state index >= 15 is 0 Å². The number of benzene rings is 1. The molecule has 2 N–H and O–H groups in total. The zero-order chi connectivity index (χ0) is 21.7. The lowest BCUT2D eigenvalue weighted by atomic mass is 9.92. The molecule has 1 amide bonds. The van der Waals surface area contributed by atoms with Crippen molar-refractivity contribution in [3.63, 3.8) is 0 Å². The second-order valence-electron chi connectivity index (χ2n) is 7.46. The first kappa shape index (κ1) is 21.6. The van der Waals surface area contributed by atoms with Crippen molar-refractivity contribution in [2.75, 3.05) is 35.8 Å². The molecule has 1 aromatic heterocycles. The molecule has 0 radical (unpaired) electrons. The summed E-state index contributed by atoms with van der Waals surface area (Å²) in [5, 5.41) is 11.8. The van der Waals surface area contributed by atoms with Crippen LogP contribution in [0.2, 0.25) is 0 Å². The zero-order valence-corrected chi connectivity index (χ0v) is 17.9. The molecule has 2 aromatic rings. The van der Waals surface area contributed by atoms with E-state index < -0.39 is 15.7 Å². The molecule has 158 valence electrons. The average Bonchev–Trinajstić information content (AvgIpc) is 3.22. The zero-order valence-electron chi connectivity index (χ0n) is 17.1. The Kier molecular flexibility index (Phi) is 6.57. The third-order valence-electron chi connectivity index (χ3n) is 5.03. The second-order valence-corrected chi connectivity index (χ2v) is 9.72. The molecular formula is C21H25N5O3S. The van der Waals surface area contributed by atoms with Gasteiger partial charge in [-0.25, -0.2) is 13.4 Å². The first-order valence-corrected chi connectivity index (χ1v) is 11.8. The van der Waals surface area contributed by atoms with Gasteiger partial charge in [0.1, 0.15) is 15.9 Å². The topological polar surface area (TPSA) is 119 Å². The number of hydrogen-bond acceptors (Lipinski definition) is 6. The number of rotatable bonds is 7. The molecule has 1 heterocycles. The highest BCUT2D eigenvalue weighted by atomic mass is 32.2. The number of sulfone groups is 1. The van der Waals surface area contributed by atoms with E-state index in [4.69, 9.17) is 5.26 Å². The smallest absolute Gasteiger partial charge is 0.291 e. The highest BCUT2D eigenvalue weighted by molar-refractivity contribution is 7.90. The van der Waals surface area contributed by atoms with Gasteiger partial charge in [-0.15, -0.1) is 0 Å². The van der Waals surface area contributed by atoms with Crippen LogP contribution in [0, 0.1) is 11.3 Å². The van der Waals surface area contributed by atoms with Gasteiger partial charge in [0.05, 0.1) is 5.75 Å². The standard InChI is InChI=1S/C21H25N5O3S/c1-26(10-11-30(2,28)29)17-8-9-19(18(12-17)15-6-4-3-5-7-15)25-21(27)20-23-14-16(13-22)24-20/h6,8-9,12,14H,3-5,7,10-11H2,1-2H3,(H,23,24)(H,25,27). The molecule has 0 saturated carbocycles. The summed E-state index contributed by atoms with van der Waals surface area (Å²) in [6, 6.07) is 7.55. The Labute approximate surface area is 176 Å². The summed E-state index contributed by atoms with van der Waals surface area (Å²) >= 11 is 0. The minimum absolute atomic E-state index is 0.0692. The van der Waals surface area contributed by atoms with E-state index in [0.29, 0.717) is 12.2 Å². The summed E-state index contributed by atoms with van der Waals surface area (Å²) in [4.78, 5) is 21.2. The minimum atomic E-state index is -3.06. The number of aromatic nitrogens is 2. The fourth-order valence-electron chi connectivity index (χ4n) is 3.34. The van der Waals surface area contributed by atoms with Crippen molar-refractivity contribution in [3.05, 3.63) is 47.6 Å². The van der Waals surface area contributed by atoms with Crippen molar-refractivity contribution >= 4 is 32.7 Å². The predicted molar refractivity (Wildman–Crippen MR) is 117 cm³/mol. The third-order valence-corrected chi connectivity index (χ3v) is 5.96. The van der Waals surface area contributed by atoms with Crippen LogP contribution in [0.25, 0.3) is 5.57 Å². The maximum atomic E-state index is 12.6. The Morgan fingerprint density at radius 2 is 2.17 bits per heavy atom. The highest BCUT2D eigenvalue weighted by Gasteiger charge is 2.17. The SMILES string of the molecule is CN(CCS(C)(=O)=O)c1ccc(NC(=O)c2nc(C#N)c[nH]2)c(C2=CCCCC2)c1. The van der Waals surface area contributed by atoms with Crippen LogP contribution in [-0.2, 0) is 9.84 Å². The van der Waals surface area contributed by atoms with Crippen LogP contribution in [0.5, 0.6) is 0 Å². The first-order valence-electron chi connectivity index (χ1n) is 9.76. The van der Waals surface area contributed by atoms with Gasteiger partial charge in [0.15, 0.2) is 11.5 Å². The number of anilines is 2. The van der Waals surface area contributed by atoms with E-state index in [0.717, 1.165) is 42.5 Å². The lowest BCUT2D eigenvalue weighted by Crippen LogP contribution is -2.25. The molecular weight excluding hydrogens is 402 g/mol. The molecule has 3 rings (SSSR count). The Balaban J connectivity index is 1.89. The second kappa shape index (κ2) is 9.13. The highest BCUT2D eigenvalue weighted by Crippen LogP contribution is 2.34. The summed E-state index contributed by atoms with van der Waals surface area (Å²) in [6.45, 7) is 0.381. The van der Waals surface area contributed by atoms with E-state index in [2.05, 4.69) is 21.4 Å². The van der Waals surface area contributed by atoms with Crippen LogP contribution in [0.1, 0.15) is 47.6 Å². The number of aromatic amines is 1. The molecule has 8 nitrogen and oxygen atoms in total. The lowest BCUT2D eigenvalue weighted by molar-refractivity contribution is 0.101. The van der Waals surface area contributed by atoms with Crippen molar-refractivity contribution in [3.8, 4) is 6.07 Å². The summed E-state index contributed by atoms with van der Waals surface area (Å²) in [5.41, 5.74) is 3.76. The minimum Gasteiger partial charge on any atom is -0.374 e. The number of nitrogens with zero attached hydrogens (tertiary/aromatic N) is 3. The number of imidazole rings is 1. The van der Waals surface area contributed by atoms with Crippen molar-refractivity contribution in [1.82, 2.24) is 9.97 Å². The first-order chi connectivity index (χ1) is 14.3. The summed E-state index contributed by atoms with van der Waals surface area (Å²) < 4.78 is 23.0. The van der Waals surface area contributed by atoms with Gasteiger partial charge in [0, 0.05) is 43.0 Å². The van der Waals surface area contributed by atoms with Gasteiger partial charge in [-0.1, -0.05) is 6.08 Å². The Morgan fingerprint density at radius 1 is 1.37 bits per heavy atom. The number of carbonyl (C=O) groups is 1. The molecule has 0 fully saturated rings. The third kappa shape index (κ3) is 5.48. The van der Waals surface area contributed by atoms with E-state index in [1.165, 1.54) is 12.5 Å². The molecule has 1 aliphatic carbocycles. The van der Waals surface area contributed by atoms with Gasteiger partial charge < -0.3 is 15.2 Å². The molecule has 1 aliphatic rings. The van der Waals surface area contributed by atoms with Crippen LogP contribution in [0.3, 0.4) is 0 Å². The molecule has 30 heavy (non-hydrogen) atoms. The fraction of sp³-hybridized carbons (Fsp3) is 0.381. The van der Waals surface area contributed by atoms with Crippen molar-refractivity contribution in [2.45, 2.75) is 25.7 Å². The Bertz CT molecular complexity index is 1110. The molecule has 0 bridgehead atoms. The van der Waals surface area contributed by atoms with Gasteiger partial charge in [-0.3, -0.25) is 4.79 Å². The monoisotopic (exact) mass is 427 g/mol. The van der Waals surface area contributed by atoms with E-state index in [1.807, 2.05) is 36.2 Å².